The molecule has 0 aliphatic carbocycles. The predicted octanol–water partition coefficient (Wildman–Crippen LogP) is 0.589. The maximum Gasteiger partial charge on any atom is 0.222 e. The van der Waals surface area contributed by atoms with Crippen LogP contribution in [0.1, 0.15) is 33.6 Å². The first-order valence-electron chi connectivity index (χ1n) is 7.61. The molecule has 1 aliphatic rings. The zero-order chi connectivity index (χ0) is 14.8. The van der Waals surface area contributed by atoms with Gasteiger partial charge in [-0.05, 0) is 20.3 Å². The normalized spacial score (nSPS) is 19.2. The number of ether oxygens (including phenoxy) is 1. The summed E-state index contributed by atoms with van der Waals surface area (Å²) in [4.78, 5) is 18.0. The molecule has 6 nitrogen and oxygen atoms in total. The average molecular weight is 284 g/mol. The lowest BCUT2D eigenvalue weighted by Gasteiger charge is -2.18. The van der Waals surface area contributed by atoms with Crippen molar-refractivity contribution in [1.82, 2.24) is 15.5 Å². The van der Waals surface area contributed by atoms with Crippen LogP contribution in [0.15, 0.2) is 4.99 Å². The minimum Gasteiger partial charge on any atom is -0.380 e. The molecule has 0 bridgehead atoms. The Morgan fingerprint density at radius 2 is 2.20 bits per heavy atom. The van der Waals surface area contributed by atoms with Crippen LogP contribution in [0.4, 0.5) is 0 Å². The van der Waals surface area contributed by atoms with Gasteiger partial charge in [0, 0.05) is 38.7 Å². The molecule has 0 aromatic carbocycles. The van der Waals surface area contributed by atoms with E-state index in [1.54, 1.807) is 0 Å². The predicted molar refractivity (Wildman–Crippen MR) is 80.9 cm³/mol. The first-order chi connectivity index (χ1) is 9.71. The third-order valence-electron chi connectivity index (χ3n) is 3.24. The molecule has 1 saturated heterocycles. The molecule has 2 N–H and O–H groups in total. The molecule has 1 aliphatic heterocycles. The molecule has 0 saturated carbocycles. The van der Waals surface area contributed by atoms with Crippen LogP contribution in [0, 0.1) is 0 Å². The molecule has 0 aromatic rings. The third kappa shape index (κ3) is 5.77. The van der Waals surface area contributed by atoms with Gasteiger partial charge in [0.2, 0.25) is 5.91 Å². The summed E-state index contributed by atoms with van der Waals surface area (Å²) < 4.78 is 5.28. The number of rotatable bonds is 7. The third-order valence-corrected chi connectivity index (χ3v) is 3.24. The number of hydrogen-bond acceptors (Lipinski definition) is 3. The SMILES string of the molecule is CCNC(=NCCOCC)NC1CCN(C(=O)CC)C1. The van der Waals surface area contributed by atoms with Crippen molar-refractivity contribution in [2.75, 3.05) is 39.4 Å². The van der Waals surface area contributed by atoms with Crippen LogP contribution in [0.5, 0.6) is 0 Å². The van der Waals surface area contributed by atoms with Gasteiger partial charge in [-0.25, -0.2) is 0 Å². The first-order valence-corrected chi connectivity index (χ1v) is 7.61. The lowest BCUT2D eigenvalue weighted by atomic mass is 10.3. The zero-order valence-electron chi connectivity index (χ0n) is 12.9. The van der Waals surface area contributed by atoms with Crippen LogP contribution in [-0.2, 0) is 9.53 Å². The first kappa shape index (κ1) is 16.8. The number of guanidine groups is 1. The number of hydrogen-bond donors (Lipinski definition) is 2. The van der Waals surface area contributed by atoms with Gasteiger partial charge in [0.25, 0.3) is 0 Å². The standard InChI is InChI=1S/C14H28N4O2/c1-4-13(19)18-9-7-12(11-18)17-14(15-5-2)16-8-10-20-6-3/h12H,4-11H2,1-3H3,(H2,15,16,17). The summed E-state index contributed by atoms with van der Waals surface area (Å²) >= 11 is 0. The molecule has 1 rings (SSSR count). The number of likely N-dealkylation sites (tertiary alicyclic amines) is 1. The van der Waals surface area contributed by atoms with Crippen molar-refractivity contribution < 1.29 is 9.53 Å². The van der Waals surface area contributed by atoms with E-state index in [2.05, 4.69) is 15.6 Å². The second-order valence-electron chi connectivity index (χ2n) is 4.78. The van der Waals surface area contributed by atoms with E-state index in [0.717, 1.165) is 38.6 Å². The fourth-order valence-corrected chi connectivity index (χ4v) is 2.21. The molecule has 1 fully saturated rings. The molecule has 0 spiro atoms. The number of nitrogens with one attached hydrogen (secondary N) is 2. The summed E-state index contributed by atoms with van der Waals surface area (Å²) in [5.41, 5.74) is 0. The summed E-state index contributed by atoms with van der Waals surface area (Å²) in [5, 5.41) is 6.62. The highest BCUT2D eigenvalue weighted by molar-refractivity contribution is 5.80. The molecule has 1 amide bonds. The van der Waals surface area contributed by atoms with Crippen molar-refractivity contribution in [2.24, 2.45) is 4.99 Å². The highest BCUT2D eigenvalue weighted by Gasteiger charge is 2.25. The van der Waals surface area contributed by atoms with Crippen molar-refractivity contribution in [3.63, 3.8) is 0 Å². The quantitative estimate of drug-likeness (QED) is 0.408. The Morgan fingerprint density at radius 3 is 2.85 bits per heavy atom. The smallest absolute Gasteiger partial charge is 0.222 e. The van der Waals surface area contributed by atoms with Crippen molar-refractivity contribution in [3.05, 3.63) is 0 Å². The van der Waals surface area contributed by atoms with Crippen molar-refractivity contribution in [3.8, 4) is 0 Å². The van der Waals surface area contributed by atoms with E-state index in [4.69, 9.17) is 4.74 Å². The Morgan fingerprint density at radius 1 is 1.40 bits per heavy atom. The molecular weight excluding hydrogens is 256 g/mol. The molecule has 1 heterocycles. The summed E-state index contributed by atoms with van der Waals surface area (Å²) in [5.74, 6) is 1.04. The van der Waals surface area contributed by atoms with E-state index in [9.17, 15) is 4.79 Å². The van der Waals surface area contributed by atoms with Gasteiger partial charge in [0.1, 0.15) is 0 Å². The monoisotopic (exact) mass is 284 g/mol. The van der Waals surface area contributed by atoms with Gasteiger partial charge < -0.3 is 20.3 Å². The Hall–Kier alpha value is -1.30. The van der Waals surface area contributed by atoms with Gasteiger partial charge in [-0.3, -0.25) is 9.79 Å². The Balaban J connectivity index is 2.40. The van der Waals surface area contributed by atoms with Crippen LogP contribution < -0.4 is 10.6 Å². The van der Waals surface area contributed by atoms with Crippen LogP contribution in [0.3, 0.4) is 0 Å². The molecule has 1 unspecified atom stereocenters. The van der Waals surface area contributed by atoms with E-state index in [1.165, 1.54) is 0 Å². The minimum atomic E-state index is 0.229. The topological polar surface area (TPSA) is 66.0 Å². The maximum atomic E-state index is 11.7. The Kier molecular flexibility index (Phi) is 8.02. The second-order valence-corrected chi connectivity index (χ2v) is 4.78. The number of nitrogens with zero attached hydrogens (tertiary/aromatic N) is 2. The van der Waals surface area contributed by atoms with Gasteiger partial charge >= 0.3 is 0 Å². The number of carbonyl (C=O) groups excluding carboxylic acids is 1. The van der Waals surface area contributed by atoms with Crippen LogP contribution >= 0.6 is 0 Å². The number of aliphatic imine (C=N–C) groups is 1. The van der Waals surface area contributed by atoms with E-state index < -0.39 is 0 Å². The zero-order valence-corrected chi connectivity index (χ0v) is 12.9. The van der Waals surface area contributed by atoms with Crippen molar-refractivity contribution in [2.45, 2.75) is 39.7 Å². The van der Waals surface area contributed by atoms with Gasteiger partial charge in [-0.15, -0.1) is 0 Å². The Bertz CT molecular complexity index is 320. The summed E-state index contributed by atoms with van der Waals surface area (Å²) in [7, 11) is 0. The van der Waals surface area contributed by atoms with Gasteiger partial charge in [-0.1, -0.05) is 6.92 Å². The largest absolute Gasteiger partial charge is 0.380 e. The van der Waals surface area contributed by atoms with E-state index in [0.29, 0.717) is 19.6 Å². The minimum absolute atomic E-state index is 0.229. The van der Waals surface area contributed by atoms with E-state index in [-0.39, 0.29) is 11.9 Å². The average Bonchev–Trinajstić information content (AvgIpc) is 2.91. The van der Waals surface area contributed by atoms with E-state index >= 15 is 0 Å². The number of carbonyl (C=O) groups is 1. The van der Waals surface area contributed by atoms with Gasteiger partial charge in [0.05, 0.1) is 13.2 Å². The van der Waals surface area contributed by atoms with Crippen LogP contribution in [0.25, 0.3) is 0 Å². The molecule has 6 heteroatoms. The summed E-state index contributed by atoms with van der Waals surface area (Å²) in [6.07, 6.45) is 1.55. The summed E-state index contributed by atoms with van der Waals surface area (Å²) in [6, 6.07) is 0.287. The highest BCUT2D eigenvalue weighted by atomic mass is 16.5. The van der Waals surface area contributed by atoms with Crippen LogP contribution in [0.2, 0.25) is 0 Å². The molecule has 1 atom stereocenters. The lowest BCUT2D eigenvalue weighted by Crippen LogP contribution is -2.45. The Labute approximate surface area is 122 Å². The van der Waals surface area contributed by atoms with Crippen LogP contribution in [-0.4, -0.2) is 62.2 Å². The fourth-order valence-electron chi connectivity index (χ4n) is 2.21. The van der Waals surface area contributed by atoms with Gasteiger partial charge in [-0.2, -0.15) is 0 Å². The van der Waals surface area contributed by atoms with E-state index in [1.807, 2.05) is 25.7 Å². The fraction of sp³-hybridized carbons (Fsp3) is 0.857. The van der Waals surface area contributed by atoms with Crippen molar-refractivity contribution in [1.29, 1.82) is 0 Å². The molecule has 0 aromatic heterocycles. The molecule has 116 valence electrons. The molecular formula is C14H28N4O2. The van der Waals surface area contributed by atoms with Gasteiger partial charge in [0.15, 0.2) is 5.96 Å². The molecule has 0 radical (unpaired) electrons. The lowest BCUT2D eigenvalue weighted by molar-refractivity contribution is -0.129. The second kappa shape index (κ2) is 9.58. The number of amides is 1. The summed E-state index contributed by atoms with van der Waals surface area (Å²) in [6.45, 7) is 10.4. The maximum absolute atomic E-state index is 11.7. The van der Waals surface area contributed by atoms with Crippen molar-refractivity contribution >= 4 is 11.9 Å². The highest BCUT2D eigenvalue weighted by Crippen LogP contribution is 2.10. The molecule has 20 heavy (non-hydrogen) atoms.